The number of rotatable bonds is 6. The molecule has 17 heavy (non-hydrogen) atoms. The first-order valence-corrected chi connectivity index (χ1v) is 6.11. The van der Waals surface area contributed by atoms with E-state index in [2.05, 4.69) is 17.2 Å². The van der Waals surface area contributed by atoms with E-state index in [-0.39, 0.29) is 0 Å². The smallest absolute Gasteiger partial charge is 0.208 e. The first-order chi connectivity index (χ1) is 8.40. The zero-order valence-electron chi connectivity index (χ0n) is 10.1. The van der Waals surface area contributed by atoms with Gasteiger partial charge in [-0.25, -0.2) is 4.98 Å². The summed E-state index contributed by atoms with van der Waals surface area (Å²) >= 11 is 0. The molecule has 0 spiro atoms. The summed E-state index contributed by atoms with van der Waals surface area (Å²) < 4.78 is 5.68. The molecular weight excluding hydrogens is 212 g/mol. The molecule has 0 saturated heterocycles. The lowest BCUT2D eigenvalue weighted by Gasteiger charge is -1.99. The Morgan fingerprint density at radius 1 is 1.24 bits per heavy atom. The number of nitrogens with zero attached hydrogens (tertiary/aromatic N) is 1. The van der Waals surface area contributed by atoms with Crippen molar-refractivity contribution in [2.45, 2.75) is 26.3 Å². The Hall–Kier alpha value is -1.61. The van der Waals surface area contributed by atoms with Gasteiger partial charge in [-0.15, -0.1) is 0 Å². The number of aromatic nitrogens is 1. The van der Waals surface area contributed by atoms with E-state index in [1.165, 1.54) is 12.8 Å². The third-order valence-corrected chi connectivity index (χ3v) is 2.60. The van der Waals surface area contributed by atoms with Crippen LogP contribution in [0.3, 0.4) is 0 Å². The van der Waals surface area contributed by atoms with Crippen molar-refractivity contribution in [3.05, 3.63) is 42.4 Å². The average Bonchev–Trinajstić information content (AvgIpc) is 2.85. The molecule has 1 aromatic carbocycles. The highest BCUT2D eigenvalue weighted by Gasteiger charge is 2.04. The van der Waals surface area contributed by atoms with E-state index >= 15 is 0 Å². The summed E-state index contributed by atoms with van der Waals surface area (Å²) in [4.78, 5) is 4.26. The Balaban J connectivity index is 1.92. The fourth-order valence-electron chi connectivity index (χ4n) is 1.62. The van der Waals surface area contributed by atoms with Gasteiger partial charge in [0.15, 0.2) is 5.76 Å². The highest BCUT2D eigenvalue weighted by Crippen LogP contribution is 2.19. The van der Waals surface area contributed by atoms with Crippen molar-refractivity contribution in [2.75, 3.05) is 6.54 Å². The predicted molar refractivity (Wildman–Crippen MR) is 68.6 cm³/mol. The molecule has 2 aromatic rings. The van der Waals surface area contributed by atoms with Gasteiger partial charge in [-0.2, -0.15) is 0 Å². The normalized spacial score (nSPS) is 10.6. The minimum absolute atomic E-state index is 0.701. The zero-order chi connectivity index (χ0) is 11.9. The quantitative estimate of drug-likeness (QED) is 0.774. The first kappa shape index (κ1) is 11.9. The van der Waals surface area contributed by atoms with Crippen LogP contribution in [0.5, 0.6) is 0 Å². The molecule has 2 rings (SSSR count). The Morgan fingerprint density at radius 3 is 2.82 bits per heavy atom. The summed E-state index contributed by atoms with van der Waals surface area (Å²) in [7, 11) is 0. The van der Waals surface area contributed by atoms with Crippen molar-refractivity contribution >= 4 is 0 Å². The number of nitrogens with one attached hydrogen (secondary N) is 1. The second-order valence-electron chi connectivity index (χ2n) is 4.01. The monoisotopic (exact) mass is 230 g/mol. The standard InChI is InChI=1S/C14H18N2O/c1-2-3-9-15-11-14-16-10-13(17-14)12-7-5-4-6-8-12/h4-8,10,15H,2-3,9,11H2,1H3. The van der Waals surface area contributed by atoms with E-state index in [4.69, 9.17) is 4.42 Å². The molecule has 0 amide bonds. The second kappa shape index (κ2) is 6.21. The molecule has 0 fully saturated rings. The van der Waals surface area contributed by atoms with Crippen LogP contribution in [0, 0.1) is 0 Å². The summed E-state index contributed by atoms with van der Waals surface area (Å²) in [5.41, 5.74) is 1.07. The van der Waals surface area contributed by atoms with Gasteiger partial charge >= 0.3 is 0 Å². The summed E-state index contributed by atoms with van der Waals surface area (Å²) in [6.07, 6.45) is 4.17. The Bertz CT molecular complexity index is 436. The molecule has 3 nitrogen and oxygen atoms in total. The minimum Gasteiger partial charge on any atom is -0.439 e. The van der Waals surface area contributed by atoms with Crippen molar-refractivity contribution in [2.24, 2.45) is 0 Å². The highest BCUT2D eigenvalue weighted by molar-refractivity contribution is 5.55. The van der Waals surface area contributed by atoms with E-state index in [1.54, 1.807) is 6.20 Å². The zero-order valence-corrected chi connectivity index (χ0v) is 10.1. The van der Waals surface area contributed by atoms with Crippen molar-refractivity contribution < 1.29 is 4.42 Å². The Kier molecular flexibility index (Phi) is 4.33. The number of hydrogen-bond acceptors (Lipinski definition) is 3. The van der Waals surface area contributed by atoms with Crippen LogP contribution in [0.1, 0.15) is 25.7 Å². The first-order valence-electron chi connectivity index (χ1n) is 6.11. The highest BCUT2D eigenvalue weighted by atomic mass is 16.4. The van der Waals surface area contributed by atoms with Gasteiger partial charge in [-0.1, -0.05) is 43.7 Å². The van der Waals surface area contributed by atoms with Crippen molar-refractivity contribution in [3.8, 4) is 11.3 Å². The second-order valence-corrected chi connectivity index (χ2v) is 4.01. The van der Waals surface area contributed by atoms with Crippen LogP contribution in [-0.2, 0) is 6.54 Å². The molecular formula is C14H18N2O. The van der Waals surface area contributed by atoms with Gasteiger partial charge in [0.2, 0.25) is 5.89 Å². The molecule has 0 saturated carbocycles. The maximum absolute atomic E-state index is 5.68. The molecule has 0 aliphatic heterocycles. The summed E-state index contributed by atoms with van der Waals surface area (Å²) in [5.74, 6) is 1.58. The van der Waals surface area contributed by atoms with Crippen LogP contribution < -0.4 is 5.32 Å². The van der Waals surface area contributed by atoms with Gasteiger partial charge in [0.1, 0.15) is 0 Å². The minimum atomic E-state index is 0.701. The van der Waals surface area contributed by atoms with Crippen LogP contribution in [-0.4, -0.2) is 11.5 Å². The molecule has 1 N–H and O–H groups in total. The van der Waals surface area contributed by atoms with Gasteiger partial charge in [0.05, 0.1) is 12.7 Å². The molecule has 0 bridgehead atoms. The SMILES string of the molecule is CCCCNCc1ncc(-c2ccccc2)o1. The van der Waals surface area contributed by atoms with Crippen LogP contribution >= 0.6 is 0 Å². The van der Waals surface area contributed by atoms with Crippen LogP contribution in [0.15, 0.2) is 40.9 Å². The van der Waals surface area contributed by atoms with Gasteiger partial charge in [0, 0.05) is 5.56 Å². The van der Waals surface area contributed by atoms with E-state index in [1.807, 2.05) is 30.3 Å². The predicted octanol–water partition coefficient (Wildman–Crippen LogP) is 3.23. The van der Waals surface area contributed by atoms with Crippen molar-refractivity contribution in [1.29, 1.82) is 0 Å². The lowest BCUT2D eigenvalue weighted by Crippen LogP contribution is -2.14. The van der Waals surface area contributed by atoms with E-state index in [9.17, 15) is 0 Å². The van der Waals surface area contributed by atoms with Crippen LogP contribution in [0.2, 0.25) is 0 Å². The van der Waals surface area contributed by atoms with Gasteiger partial charge in [-0.3, -0.25) is 0 Å². The topological polar surface area (TPSA) is 38.1 Å². The summed E-state index contributed by atoms with van der Waals surface area (Å²) in [5, 5.41) is 3.31. The van der Waals surface area contributed by atoms with Crippen LogP contribution in [0.25, 0.3) is 11.3 Å². The van der Waals surface area contributed by atoms with E-state index < -0.39 is 0 Å². The molecule has 0 unspecified atom stereocenters. The lowest BCUT2D eigenvalue weighted by molar-refractivity contribution is 0.475. The Labute approximate surface area is 102 Å². The molecule has 0 radical (unpaired) electrons. The number of hydrogen-bond donors (Lipinski definition) is 1. The summed E-state index contributed by atoms with van der Waals surface area (Å²) in [6.45, 7) is 3.90. The molecule has 1 heterocycles. The van der Waals surface area contributed by atoms with Gasteiger partial charge in [-0.05, 0) is 13.0 Å². The Morgan fingerprint density at radius 2 is 2.06 bits per heavy atom. The lowest BCUT2D eigenvalue weighted by atomic mass is 10.2. The molecule has 1 aromatic heterocycles. The fraction of sp³-hybridized carbons (Fsp3) is 0.357. The van der Waals surface area contributed by atoms with Gasteiger partial charge in [0.25, 0.3) is 0 Å². The van der Waals surface area contributed by atoms with Crippen molar-refractivity contribution in [3.63, 3.8) is 0 Å². The average molecular weight is 230 g/mol. The third-order valence-electron chi connectivity index (χ3n) is 2.60. The van der Waals surface area contributed by atoms with E-state index in [0.717, 1.165) is 23.8 Å². The molecule has 3 heteroatoms. The molecule has 90 valence electrons. The van der Waals surface area contributed by atoms with Crippen molar-refractivity contribution in [1.82, 2.24) is 10.3 Å². The largest absolute Gasteiger partial charge is 0.439 e. The molecule has 0 atom stereocenters. The van der Waals surface area contributed by atoms with E-state index in [0.29, 0.717) is 6.54 Å². The maximum Gasteiger partial charge on any atom is 0.208 e. The maximum atomic E-state index is 5.68. The summed E-state index contributed by atoms with van der Waals surface area (Å²) in [6, 6.07) is 10.0. The fourth-order valence-corrected chi connectivity index (χ4v) is 1.62. The van der Waals surface area contributed by atoms with Crippen LogP contribution in [0.4, 0.5) is 0 Å². The number of unbranched alkanes of at least 4 members (excludes halogenated alkanes) is 1. The van der Waals surface area contributed by atoms with Gasteiger partial charge < -0.3 is 9.73 Å². The number of benzene rings is 1. The molecule has 0 aliphatic carbocycles. The number of oxazole rings is 1. The molecule has 0 aliphatic rings. The third kappa shape index (κ3) is 3.43.